The zero-order chi connectivity index (χ0) is 26.5. The maximum atomic E-state index is 13.9. The smallest absolute Gasteiger partial charge is 0.266 e. The average Bonchev–Trinajstić information content (AvgIpc) is 3.23. The van der Waals surface area contributed by atoms with Gasteiger partial charge in [-0.2, -0.15) is 0 Å². The van der Waals surface area contributed by atoms with Crippen molar-refractivity contribution in [1.82, 2.24) is 0 Å². The molecule has 1 saturated heterocycles. The lowest BCUT2D eigenvalue weighted by molar-refractivity contribution is -0.115. The number of amides is 2. The quantitative estimate of drug-likeness (QED) is 0.393. The molecule has 3 aromatic rings. The highest BCUT2D eigenvalue weighted by molar-refractivity contribution is 8.05. The van der Waals surface area contributed by atoms with Crippen molar-refractivity contribution in [3.63, 3.8) is 0 Å². The summed E-state index contributed by atoms with van der Waals surface area (Å²) in [6, 6.07) is 18.5. The first-order chi connectivity index (χ1) is 17.9. The normalized spacial score (nSPS) is 16.0. The third-order valence-electron chi connectivity index (χ3n) is 5.73. The number of ether oxygens (including phenoxy) is 4. The Balaban J connectivity index is 1.90. The molecule has 0 spiro atoms. The van der Waals surface area contributed by atoms with E-state index in [9.17, 15) is 9.59 Å². The van der Waals surface area contributed by atoms with E-state index in [4.69, 9.17) is 18.9 Å². The Morgan fingerprint density at radius 2 is 1.54 bits per heavy atom. The highest BCUT2D eigenvalue weighted by Crippen LogP contribution is 2.53. The Labute approximate surface area is 220 Å². The highest BCUT2D eigenvalue weighted by atomic mass is 32.2. The van der Waals surface area contributed by atoms with Crippen LogP contribution in [0.1, 0.15) is 23.4 Å². The second-order valence-electron chi connectivity index (χ2n) is 8.09. The van der Waals surface area contributed by atoms with Crippen LogP contribution in [0.25, 0.3) is 6.08 Å². The molecule has 37 heavy (non-hydrogen) atoms. The van der Waals surface area contributed by atoms with E-state index in [1.807, 2.05) is 48.5 Å². The number of hydrogen-bond acceptors (Lipinski definition) is 7. The van der Waals surface area contributed by atoms with Crippen molar-refractivity contribution in [3.8, 4) is 23.0 Å². The van der Waals surface area contributed by atoms with Crippen LogP contribution in [0, 0.1) is 0 Å². The van der Waals surface area contributed by atoms with Crippen LogP contribution in [-0.2, 0) is 9.59 Å². The first kappa shape index (κ1) is 26.0. The third-order valence-corrected chi connectivity index (χ3v) is 6.98. The number of nitrogens with zero attached hydrogens (tertiary/aromatic N) is 1. The lowest BCUT2D eigenvalue weighted by atomic mass is 10.1. The molecule has 9 heteroatoms. The molecule has 1 aliphatic rings. The van der Waals surface area contributed by atoms with Gasteiger partial charge < -0.3 is 24.3 Å². The number of carbonyl (C=O) groups excluding carboxylic acids is 2. The predicted octanol–water partition coefficient (Wildman–Crippen LogP) is 5.50. The van der Waals surface area contributed by atoms with Gasteiger partial charge in [0.25, 0.3) is 5.91 Å². The number of nitrogens with one attached hydrogen (secondary N) is 1. The minimum absolute atomic E-state index is 0.203. The van der Waals surface area contributed by atoms with Gasteiger partial charge in [-0.05, 0) is 47.5 Å². The standard InChI is InChI=1S/C28H28N2O6S/c1-17(31)29-20-11-12-22(33-2)21(16-20)30-27(32)25(13-18-9-7-6-8-10-18)37-28(30)19-14-23(34-3)26(36-5)24(15-19)35-4/h6-16,28H,1-5H3,(H,29,31). The van der Waals surface area contributed by atoms with E-state index < -0.39 is 5.37 Å². The zero-order valence-corrected chi connectivity index (χ0v) is 22.0. The molecule has 192 valence electrons. The maximum Gasteiger partial charge on any atom is 0.266 e. The number of carbonyl (C=O) groups is 2. The average molecular weight is 521 g/mol. The highest BCUT2D eigenvalue weighted by Gasteiger charge is 2.40. The second kappa shape index (κ2) is 11.3. The van der Waals surface area contributed by atoms with Crippen molar-refractivity contribution in [2.45, 2.75) is 12.3 Å². The molecule has 0 aromatic heterocycles. The van der Waals surface area contributed by atoms with Gasteiger partial charge in [-0.1, -0.05) is 42.1 Å². The van der Waals surface area contributed by atoms with Gasteiger partial charge in [0.1, 0.15) is 11.1 Å². The largest absolute Gasteiger partial charge is 0.495 e. The van der Waals surface area contributed by atoms with Gasteiger partial charge >= 0.3 is 0 Å². The maximum absolute atomic E-state index is 13.9. The minimum atomic E-state index is -0.488. The van der Waals surface area contributed by atoms with E-state index in [0.717, 1.165) is 11.1 Å². The van der Waals surface area contributed by atoms with Gasteiger partial charge in [-0.3, -0.25) is 14.5 Å². The van der Waals surface area contributed by atoms with Crippen molar-refractivity contribution < 1.29 is 28.5 Å². The first-order valence-electron chi connectivity index (χ1n) is 11.4. The molecule has 0 bridgehead atoms. The van der Waals surface area contributed by atoms with Crippen molar-refractivity contribution in [2.24, 2.45) is 0 Å². The van der Waals surface area contributed by atoms with Crippen LogP contribution in [0.15, 0.2) is 65.6 Å². The Morgan fingerprint density at radius 1 is 0.892 bits per heavy atom. The molecule has 1 heterocycles. The van der Waals surface area contributed by atoms with Gasteiger partial charge in [0.2, 0.25) is 11.7 Å². The summed E-state index contributed by atoms with van der Waals surface area (Å²) in [5, 5.41) is 2.29. The number of methoxy groups -OCH3 is 4. The Kier molecular flexibility index (Phi) is 7.93. The van der Waals surface area contributed by atoms with Crippen LogP contribution in [0.3, 0.4) is 0 Å². The van der Waals surface area contributed by atoms with Crippen LogP contribution in [0.4, 0.5) is 11.4 Å². The van der Waals surface area contributed by atoms with Gasteiger partial charge in [0.05, 0.1) is 39.0 Å². The van der Waals surface area contributed by atoms with Crippen molar-refractivity contribution in [1.29, 1.82) is 0 Å². The predicted molar refractivity (Wildman–Crippen MR) is 146 cm³/mol. The lowest BCUT2D eigenvalue weighted by Gasteiger charge is -2.27. The summed E-state index contributed by atoms with van der Waals surface area (Å²) in [6.07, 6.45) is 1.86. The van der Waals surface area contributed by atoms with Crippen LogP contribution in [0.2, 0.25) is 0 Å². The van der Waals surface area contributed by atoms with Gasteiger partial charge in [-0.25, -0.2) is 0 Å². The van der Waals surface area contributed by atoms with E-state index in [1.54, 1.807) is 51.5 Å². The lowest BCUT2D eigenvalue weighted by Crippen LogP contribution is -2.28. The Bertz CT molecular complexity index is 1320. The molecule has 1 fully saturated rings. The number of thioether (sulfide) groups is 1. The fourth-order valence-corrected chi connectivity index (χ4v) is 5.33. The van der Waals surface area contributed by atoms with Crippen LogP contribution < -0.4 is 29.2 Å². The second-order valence-corrected chi connectivity index (χ2v) is 9.21. The van der Waals surface area contributed by atoms with Crippen molar-refractivity contribution in [2.75, 3.05) is 38.7 Å². The molecule has 8 nitrogen and oxygen atoms in total. The number of hydrogen-bond donors (Lipinski definition) is 1. The molecule has 0 radical (unpaired) electrons. The summed E-state index contributed by atoms with van der Waals surface area (Å²) in [7, 11) is 6.18. The summed E-state index contributed by atoms with van der Waals surface area (Å²) in [6.45, 7) is 1.43. The van der Waals surface area contributed by atoms with Crippen molar-refractivity contribution >= 4 is 41.0 Å². The van der Waals surface area contributed by atoms with Crippen LogP contribution in [0.5, 0.6) is 23.0 Å². The van der Waals surface area contributed by atoms with Crippen molar-refractivity contribution in [3.05, 3.63) is 76.7 Å². The molecule has 4 rings (SSSR count). The fraction of sp³-hybridized carbons (Fsp3) is 0.214. The Hall–Kier alpha value is -4.11. The molecule has 3 aromatic carbocycles. The summed E-state index contributed by atoms with van der Waals surface area (Å²) < 4.78 is 22.3. The van der Waals surface area contributed by atoms with E-state index in [2.05, 4.69) is 5.32 Å². The van der Waals surface area contributed by atoms with E-state index in [1.165, 1.54) is 18.7 Å². The topological polar surface area (TPSA) is 86.3 Å². The van der Waals surface area contributed by atoms with Gasteiger partial charge in [-0.15, -0.1) is 0 Å². The van der Waals surface area contributed by atoms with Crippen LogP contribution >= 0.6 is 11.8 Å². The first-order valence-corrected chi connectivity index (χ1v) is 12.3. The summed E-state index contributed by atoms with van der Waals surface area (Å²) in [4.78, 5) is 27.9. The minimum Gasteiger partial charge on any atom is -0.495 e. The van der Waals surface area contributed by atoms with E-state index >= 15 is 0 Å². The molecule has 0 aliphatic carbocycles. The molecule has 0 saturated carbocycles. The molecular weight excluding hydrogens is 492 g/mol. The van der Waals surface area contributed by atoms with Gasteiger partial charge in [0.15, 0.2) is 11.5 Å². The number of anilines is 2. The number of benzene rings is 3. The molecule has 1 N–H and O–H groups in total. The monoisotopic (exact) mass is 520 g/mol. The molecule has 1 unspecified atom stereocenters. The molecular formula is C28H28N2O6S. The number of rotatable bonds is 8. The summed E-state index contributed by atoms with van der Waals surface area (Å²) >= 11 is 1.40. The Morgan fingerprint density at radius 3 is 2.11 bits per heavy atom. The summed E-state index contributed by atoms with van der Waals surface area (Å²) in [5.74, 6) is 1.48. The third kappa shape index (κ3) is 5.36. The fourth-order valence-electron chi connectivity index (χ4n) is 4.10. The molecule has 2 amide bonds. The summed E-state index contributed by atoms with van der Waals surface area (Å²) in [5.41, 5.74) is 2.73. The van der Waals surface area contributed by atoms with E-state index in [-0.39, 0.29) is 11.8 Å². The van der Waals surface area contributed by atoms with Crippen LogP contribution in [-0.4, -0.2) is 40.3 Å². The van der Waals surface area contributed by atoms with Gasteiger partial charge in [0, 0.05) is 12.6 Å². The van der Waals surface area contributed by atoms with E-state index in [0.29, 0.717) is 39.3 Å². The SMILES string of the molecule is COc1ccc(NC(C)=O)cc1N1C(=O)C(=Cc2ccccc2)SC1c1cc(OC)c(OC)c(OC)c1. The molecule has 1 aliphatic heterocycles. The molecule has 1 atom stereocenters. The zero-order valence-electron chi connectivity index (χ0n) is 21.2.